The van der Waals surface area contributed by atoms with Gasteiger partial charge in [0.15, 0.2) is 0 Å². The largest absolute Gasteiger partial charge is 0.464 e. The number of hydrogen-bond acceptors (Lipinski definition) is 8. The monoisotopic (exact) mass is 402 g/mol. The Bertz CT molecular complexity index is 651. The van der Waals surface area contributed by atoms with Crippen LogP contribution in [0, 0.1) is 0 Å². The van der Waals surface area contributed by atoms with Crippen molar-refractivity contribution in [2.45, 2.75) is 70.8 Å². The molecule has 0 spiro atoms. The number of carbonyl (C=O) groups is 1. The van der Waals surface area contributed by atoms with E-state index in [2.05, 4.69) is 14.7 Å². The van der Waals surface area contributed by atoms with Crippen molar-refractivity contribution < 1.29 is 9.53 Å². The molecule has 3 fully saturated rings. The molecule has 3 aliphatic heterocycles. The molecule has 0 aromatic carbocycles. The van der Waals surface area contributed by atoms with Gasteiger partial charge in [-0.1, -0.05) is 0 Å². The molecular weight excluding hydrogens is 368 g/mol. The van der Waals surface area contributed by atoms with E-state index in [0.29, 0.717) is 12.6 Å². The summed E-state index contributed by atoms with van der Waals surface area (Å²) in [6.07, 6.45) is 10.1. The van der Waals surface area contributed by atoms with E-state index in [1.807, 2.05) is 6.92 Å². The van der Waals surface area contributed by atoms with Crippen molar-refractivity contribution in [3.05, 3.63) is 0 Å². The Hall–Kier alpha value is -2.12. The summed E-state index contributed by atoms with van der Waals surface area (Å²) in [6.45, 7) is 7.00. The number of piperidine rings is 3. The van der Waals surface area contributed by atoms with Gasteiger partial charge in [-0.15, -0.1) is 0 Å². The highest BCUT2D eigenvalue weighted by Crippen LogP contribution is 2.28. The van der Waals surface area contributed by atoms with Crippen LogP contribution in [0.2, 0.25) is 0 Å². The summed E-state index contributed by atoms with van der Waals surface area (Å²) < 4.78 is 5.35. The zero-order valence-corrected chi connectivity index (χ0v) is 17.7. The average Bonchev–Trinajstić information content (AvgIpc) is 2.80. The van der Waals surface area contributed by atoms with E-state index < -0.39 is 0 Å². The third-order valence-corrected chi connectivity index (χ3v) is 6.20. The van der Waals surface area contributed by atoms with Gasteiger partial charge in [-0.3, -0.25) is 0 Å². The Labute approximate surface area is 173 Å². The van der Waals surface area contributed by atoms with Crippen molar-refractivity contribution in [2.75, 3.05) is 54.0 Å². The second kappa shape index (κ2) is 9.59. The zero-order chi connectivity index (χ0) is 20.1. The maximum atomic E-state index is 12.6. The number of nitrogens with zero attached hydrogens (tertiary/aromatic N) is 6. The molecule has 1 aromatic heterocycles. The maximum Gasteiger partial charge on any atom is 0.328 e. The number of carbonyl (C=O) groups excluding carboxylic acids is 1. The number of ether oxygens (including phenoxy) is 1. The van der Waals surface area contributed by atoms with Crippen LogP contribution >= 0.6 is 0 Å². The zero-order valence-electron chi connectivity index (χ0n) is 17.7. The summed E-state index contributed by atoms with van der Waals surface area (Å²) in [5.41, 5.74) is 0. The van der Waals surface area contributed by atoms with Gasteiger partial charge in [-0.05, 0) is 64.7 Å². The average molecular weight is 403 g/mol. The molecule has 29 heavy (non-hydrogen) atoms. The molecule has 1 atom stereocenters. The lowest BCUT2D eigenvalue weighted by molar-refractivity contribution is -0.145. The summed E-state index contributed by atoms with van der Waals surface area (Å²) >= 11 is 0. The van der Waals surface area contributed by atoms with E-state index in [-0.39, 0.29) is 12.0 Å². The minimum absolute atomic E-state index is 0.161. The standard InChI is InChI=1S/C21H34N6O2/c1-2-29-18(28)17-11-5-10-16-27(17)21-23-19(25-12-6-3-7-13-25)22-20(24-21)26-14-8-4-9-15-26/h17H,2-16H2,1H3. The lowest BCUT2D eigenvalue weighted by Crippen LogP contribution is -2.47. The van der Waals surface area contributed by atoms with Crippen LogP contribution in [0.25, 0.3) is 0 Å². The molecule has 0 amide bonds. The van der Waals surface area contributed by atoms with Gasteiger partial charge in [-0.2, -0.15) is 15.0 Å². The first kappa shape index (κ1) is 20.2. The van der Waals surface area contributed by atoms with E-state index in [1.54, 1.807) is 0 Å². The molecule has 0 aliphatic carbocycles. The first-order valence-corrected chi connectivity index (χ1v) is 11.5. The quantitative estimate of drug-likeness (QED) is 0.696. The van der Waals surface area contributed by atoms with Gasteiger partial charge < -0.3 is 19.4 Å². The van der Waals surface area contributed by atoms with Gasteiger partial charge in [0, 0.05) is 32.7 Å². The topological polar surface area (TPSA) is 74.7 Å². The van der Waals surface area contributed by atoms with Crippen LogP contribution in [0.3, 0.4) is 0 Å². The van der Waals surface area contributed by atoms with Crippen molar-refractivity contribution >= 4 is 23.8 Å². The van der Waals surface area contributed by atoms with Gasteiger partial charge in [0.2, 0.25) is 17.8 Å². The maximum absolute atomic E-state index is 12.6. The van der Waals surface area contributed by atoms with E-state index in [9.17, 15) is 4.79 Å². The molecule has 3 saturated heterocycles. The molecule has 8 heteroatoms. The van der Waals surface area contributed by atoms with E-state index in [0.717, 1.165) is 63.9 Å². The Morgan fingerprint density at radius 3 is 1.86 bits per heavy atom. The third-order valence-electron chi connectivity index (χ3n) is 6.20. The van der Waals surface area contributed by atoms with Gasteiger partial charge in [0.1, 0.15) is 6.04 Å². The predicted molar refractivity (Wildman–Crippen MR) is 114 cm³/mol. The molecule has 160 valence electrons. The Kier molecular flexibility index (Phi) is 6.67. The molecular formula is C21H34N6O2. The molecule has 0 N–H and O–H groups in total. The summed E-state index contributed by atoms with van der Waals surface area (Å²) in [5, 5.41) is 0. The first-order chi connectivity index (χ1) is 14.3. The van der Waals surface area contributed by atoms with Crippen LogP contribution in [-0.4, -0.2) is 66.3 Å². The predicted octanol–water partition coefficient (Wildman–Crippen LogP) is 2.77. The fourth-order valence-corrected chi connectivity index (χ4v) is 4.60. The Balaban J connectivity index is 1.67. The van der Waals surface area contributed by atoms with Crippen molar-refractivity contribution in [1.29, 1.82) is 0 Å². The number of rotatable bonds is 5. The highest BCUT2D eigenvalue weighted by molar-refractivity contribution is 5.79. The molecule has 0 bridgehead atoms. The fourth-order valence-electron chi connectivity index (χ4n) is 4.60. The molecule has 0 radical (unpaired) electrons. The lowest BCUT2D eigenvalue weighted by atomic mass is 10.0. The molecule has 0 saturated carbocycles. The Morgan fingerprint density at radius 2 is 1.31 bits per heavy atom. The van der Waals surface area contributed by atoms with Crippen LogP contribution < -0.4 is 14.7 Å². The van der Waals surface area contributed by atoms with Crippen LogP contribution in [0.1, 0.15) is 64.7 Å². The van der Waals surface area contributed by atoms with Crippen molar-refractivity contribution in [2.24, 2.45) is 0 Å². The number of anilines is 3. The third kappa shape index (κ3) is 4.73. The van der Waals surface area contributed by atoms with Crippen LogP contribution in [0.4, 0.5) is 17.8 Å². The van der Waals surface area contributed by atoms with Crippen LogP contribution in [0.5, 0.6) is 0 Å². The lowest BCUT2D eigenvalue weighted by Gasteiger charge is -2.36. The smallest absolute Gasteiger partial charge is 0.328 e. The van der Waals surface area contributed by atoms with E-state index >= 15 is 0 Å². The second-order valence-corrected chi connectivity index (χ2v) is 8.29. The van der Waals surface area contributed by atoms with Crippen molar-refractivity contribution in [3.8, 4) is 0 Å². The molecule has 3 aliphatic rings. The first-order valence-electron chi connectivity index (χ1n) is 11.5. The minimum atomic E-state index is -0.297. The van der Waals surface area contributed by atoms with Crippen LogP contribution in [0.15, 0.2) is 0 Å². The number of hydrogen-bond donors (Lipinski definition) is 0. The number of esters is 1. The van der Waals surface area contributed by atoms with E-state index in [4.69, 9.17) is 19.7 Å². The summed E-state index contributed by atoms with van der Waals surface area (Å²) in [4.78, 5) is 33.8. The number of aromatic nitrogens is 3. The van der Waals surface area contributed by atoms with Gasteiger partial charge in [0.05, 0.1) is 6.61 Å². The highest BCUT2D eigenvalue weighted by atomic mass is 16.5. The normalized spacial score (nSPS) is 23.2. The highest BCUT2D eigenvalue weighted by Gasteiger charge is 2.33. The molecule has 4 heterocycles. The molecule has 1 aromatic rings. The van der Waals surface area contributed by atoms with Crippen LogP contribution in [-0.2, 0) is 9.53 Å². The summed E-state index contributed by atoms with van der Waals surface area (Å²) in [5.74, 6) is 2.01. The summed E-state index contributed by atoms with van der Waals surface area (Å²) in [6, 6.07) is -0.297. The Morgan fingerprint density at radius 1 is 0.793 bits per heavy atom. The SMILES string of the molecule is CCOC(=O)C1CCCCN1c1nc(N2CCCCC2)nc(N2CCCCC2)n1. The molecule has 8 nitrogen and oxygen atoms in total. The molecule has 1 unspecified atom stereocenters. The van der Waals surface area contributed by atoms with E-state index in [1.165, 1.54) is 38.5 Å². The van der Waals surface area contributed by atoms with Gasteiger partial charge in [0.25, 0.3) is 0 Å². The van der Waals surface area contributed by atoms with Crippen molar-refractivity contribution in [1.82, 2.24) is 15.0 Å². The van der Waals surface area contributed by atoms with Gasteiger partial charge >= 0.3 is 5.97 Å². The second-order valence-electron chi connectivity index (χ2n) is 8.29. The van der Waals surface area contributed by atoms with Crippen molar-refractivity contribution in [3.63, 3.8) is 0 Å². The summed E-state index contributed by atoms with van der Waals surface area (Å²) in [7, 11) is 0. The van der Waals surface area contributed by atoms with Gasteiger partial charge in [-0.25, -0.2) is 4.79 Å². The minimum Gasteiger partial charge on any atom is -0.464 e. The molecule has 4 rings (SSSR count). The fraction of sp³-hybridized carbons (Fsp3) is 0.810.